The first-order valence-electron chi connectivity index (χ1n) is 19.0. The number of hydrogen-bond acceptors (Lipinski definition) is 17. The van der Waals surface area contributed by atoms with E-state index in [0.717, 1.165) is 0 Å². The van der Waals surface area contributed by atoms with E-state index >= 15 is 0 Å². The molecule has 4 amide bonds. The zero-order valence-corrected chi connectivity index (χ0v) is 37.3. The van der Waals surface area contributed by atoms with Gasteiger partial charge in [0.1, 0.15) is 12.2 Å². The van der Waals surface area contributed by atoms with Crippen LogP contribution in [0.2, 0.25) is 0 Å². The van der Waals surface area contributed by atoms with Gasteiger partial charge < -0.3 is 26.2 Å². The average Bonchev–Trinajstić information content (AvgIpc) is 3.15. The number of carboxylic acid groups (broad SMARTS) is 2. The van der Waals surface area contributed by atoms with Crippen LogP contribution in [0.1, 0.15) is 32.1 Å². The normalized spacial score (nSPS) is 21.9. The number of aliphatic hydroxyl groups excluding tert-OH is 4. The number of nitrogens with zero attached hydrogens (tertiary/aromatic N) is 5. The SMILES string of the molecule is NC(=O)CN1CCC(NC(=O)[C@@H](CCC(=O)NCC[C@@H](O)[C@H](O)[C@H](O)CO)NC(=O)CN2CCN3CC(=O)O[C-](CN(CC(=O)O)CCN(CC(=O)O)[I-]C2)C3)CC1.[Eu]. The molecule has 3 saturated heterocycles. The number of ether oxygens (including phenoxy) is 1. The van der Waals surface area contributed by atoms with E-state index in [0.29, 0.717) is 43.1 Å². The molecule has 0 aromatic heterocycles. The summed E-state index contributed by atoms with van der Waals surface area (Å²) in [4.78, 5) is 94.3. The molecule has 11 N–H and O–H groups in total. The van der Waals surface area contributed by atoms with Gasteiger partial charge in [-0.3, -0.25) is 4.79 Å². The van der Waals surface area contributed by atoms with Crippen molar-refractivity contribution in [2.24, 2.45) is 5.73 Å². The van der Waals surface area contributed by atoms with Crippen LogP contribution in [0.4, 0.5) is 0 Å². The van der Waals surface area contributed by atoms with Crippen LogP contribution in [0.15, 0.2) is 0 Å². The van der Waals surface area contributed by atoms with Crippen LogP contribution in [0, 0.1) is 55.5 Å². The second-order valence-corrected chi connectivity index (χ2v) is 17.2. The van der Waals surface area contributed by atoms with Gasteiger partial charge in [0.25, 0.3) is 0 Å². The fourth-order valence-electron chi connectivity index (χ4n) is 6.53. The Hall–Kier alpha value is -1.76. The van der Waals surface area contributed by atoms with Crippen LogP contribution < -0.4 is 43.2 Å². The Morgan fingerprint density at radius 3 is 2.15 bits per heavy atom. The summed E-state index contributed by atoms with van der Waals surface area (Å²) in [6.07, 6.45) is -3.70. The summed E-state index contributed by atoms with van der Waals surface area (Å²) in [5.41, 5.74) is 5.31. The van der Waals surface area contributed by atoms with Gasteiger partial charge in [0.05, 0.1) is 19.3 Å². The number of fused-ring (bicyclic) bond motifs is 2. The summed E-state index contributed by atoms with van der Waals surface area (Å²) in [6, 6.07) is -1.43. The monoisotopic (exact) mass is 1100 g/mol. The summed E-state index contributed by atoms with van der Waals surface area (Å²) in [5, 5.41) is 65.7. The molecule has 0 aliphatic carbocycles. The number of primary amides is 1. The summed E-state index contributed by atoms with van der Waals surface area (Å²) < 4.78 is 7.45. The first-order chi connectivity index (χ1) is 27.5. The van der Waals surface area contributed by atoms with Gasteiger partial charge in [-0.1, -0.05) is 0 Å². The Kier molecular flexibility index (Phi) is 25.4. The van der Waals surface area contributed by atoms with Crippen molar-refractivity contribution in [3.8, 4) is 0 Å². The van der Waals surface area contributed by atoms with E-state index in [1.807, 2.05) is 9.80 Å². The number of morpholine rings is 1. The zero-order chi connectivity index (χ0) is 42.8. The Morgan fingerprint density at radius 2 is 1.51 bits per heavy atom. The second-order valence-electron chi connectivity index (χ2n) is 14.5. The number of nitrogens with two attached hydrogens (primary N) is 1. The van der Waals surface area contributed by atoms with E-state index in [1.165, 1.54) is 0 Å². The molecular weight excluding hydrogens is 1040 g/mol. The van der Waals surface area contributed by atoms with Crippen molar-refractivity contribution in [3.63, 3.8) is 0 Å². The predicted molar refractivity (Wildman–Crippen MR) is 196 cm³/mol. The summed E-state index contributed by atoms with van der Waals surface area (Å²) in [7, 11) is 0. The van der Waals surface area contributed by atoms with Crippen molar-refractivity contribution < 1.29 is 140 Å². The van der Waals surface area contributed by atoms with Gasteiger partial charge in [-0.25, -0.2) is 0 Å². The quantitative estimate of drug-likeness (QED) is 0.0135. The van der Waals surface area contributed by atoms with Crippen molar-refractivity contribution in [3.05, 3.63) is 6.10 Å². The van der Waals surface area contributed by atoms with Crippen molar-refractivity contribution in [2.75, 3.05) is 103 Å². The molecule has 3 aliphatic rings. The number of carboxylic acids is 2. The molecule has 0 aromatic carbocycles. The summed E-state index contributed by atoms with van der Waals surface area (Å²) in [5.74, 6) is -4.74. The van der Waals surface area contributed by atoms with Gasteiger partial charge in [-0.15, -0.1) is 0 Å². The number of halogens is 1. The number of rotatable bonds is 20. The molecule has 59 heavy (non-hydrogen) atoms. The van der Waals surface area contributed by atoms with Crippen molar-refractivity contribution in [2.45, 2.75) is 62.5 Å². The minimum absolute atomic E-state index is 0. The molecular formula is C34H58EuIN9O14-2. The van der Waals surface area contributed by atoms with E-state index in [1.54, 1.807) is 12.9 Å². The smallest absolute Gasteiger partial charge is 0 e. The van der Waals surface area contributed by atoms with E-state index < -0.39 is 94.0 Å². The van der Waals surface area contributed by atoms with Crippen molar-refractivity contribution >= 4 is 41.5 Å². The van der Waals surface area contributed by atoms with Crippen LogP contribution >= 0.6 is 0 Å². The molecule has 2 bridgehead atoms. The number of esters is 1. The van der Waals surface area contributed by atoms with Crippen LogP contribution in [0.25, 0.3) is 0 Å². The molecule has 3 rings (SSSR count). The number of hydrogen-bond donors (Lipinski definition) is 10. The average molecular weight is 1100 g/mol. The first-order valence-corrected chi connectivity index (χ1v) is 21.5. The number of amides is 4. The molecule has 23 nitrogen and oxygen atoms in total. The molecule has 5 atom stereocenters. The maximum absolute atomic E-state index is 13.7. The number of piperidine rings is 1. The van der Waals surface area contributed by atoms with Crippen LogP contribution in [-0.2, 0) is 38.3 Å². The first kappa shape index (κ1) is 53.4. The Morgan fingerprint density at radius 1 is 0.831 bits per heavy atom. The van der Waals surface area contributed by atoms with Crippen molar-refractivity contribution in [1.29, 1.82) is 0 Å². The summed E-state index contributed by atoms with van der Waals surface area (Å²) in [6.45, 7) is 0.662. The van der Waals surface area contributed by atoms with Gasteiger partial charge in [0.15, 0.2) is 0 Å². The fraction of sp³-hybridized carbons (Fsp3) is 0.765. The van der Waals surface area contributed by atoms with Crippen LogP contribution in [0.3, 0.4) is 0 Å². The molecule has 0 aromatic rings. The standard InChI is InChI=1S/C34H58IN9O14.Eu/c36-27(48)15-40-7-4-22(5-8-40)38-34(57)24(1-2-28(49)37-6-3-25(46)33(56)26(47)20-45)39-29(50)16-43-10-9-42-14-23(58-32(55)19-42)13-41(17-30(51)52)11-12-44(35-21-43)18-31(53)54;/h22,24-26,33,45-47,56H,1-21H2,(H2,36,48)(H,37,49)(H,38,57)(H,39,50)(H,51,52)(H,53,54);/q-2;/t24-,25-,26-,33+;/m1./s1. The fourth-order valence-corrected chi connectivity index (χ4v) is 9.06. The molecule has 1 radical (unpaired) electrons. The Labute approximate surface area is 393 Å². The number of likely N-dealkylation sites (tertiary alicyclic amines) is 1. The molecule has 3 fully saturated rings. The van der Waals surface area contributed by atoms with Gasteiger partial charge in [0.2, 0.25) is 5.91 Å². The second kappa shape index (κ2) is 28.0. The number of aliphatic hydroxyl groups is 4. The van der Waals surface area contributed by atoms with Crippen LogP contribution in [0.5, 0.6) is 0 Å². The number of alkyl halides is 1. The third-order valence-electron chi connectivity index (χ3n) is 9.59. The minimum atomic E-state index is -1.63. The van der Waals surface area contributed by atoms with E-state index in [9.17, 15) is 59.1 Å². The largest absolute Gasteiger partial charge is 0 e. The van der Waals surface area contributed by atoms with E-state index in [4.69, 9.17) is 15.6 Å². The van der Waals surface area contributed by atoms with Crippen LogP contribution in [-0.4, -0.2) is 228 Å². The molecule has 3 aliphatic heterocycles. The Bertz CT molecular complexity index is 1400. The maximum atomic E-state index is 13.7. The predicted octanol–water partition coefficient (Wildman–Crippen LogP) is -9.66. The zero-order valence-electron chi connectivity index (χ0n) is 32.8. The third-order valence-corrected chi connectivity index (χ3v) is 12.6. The summed E-state index contributed by atoms with van der Waals surface area (Å²) >= 11 is -1.04. The Balaban J connectivity index is 0.0000120. The minimum Gasteiger partial charge on any atom is 0 e. The number of carbonyl (C=O) groups excluding carboxylic acids is 5. The number of aliphatic carboxylic acids is 2. The molecule has 25 heteroatoms. The molecule has 3 heterocycles. The number of carbonyl (C=O) groups is 7. The maximum Gasteiger partial charge on any atom is 0 e. The molecule has 0 spiro atoms. The van der Waals surface area contributed by atoms with E-state index in [-0.39, 0.29) is 147 Å². The molecule has 1 unspecified atom stereocenters. The topological polar surface area (TPSA) is 328 Å². The van der Waals surface area contributed by atoms with Gasteiger partial charge in [0, 0.05) is 49.4 Å². The van der Waals surface area contributed by atoms with E-state index in [2.05, 4.69) is 16.0 Å². The van der Waals surface area contributed by atoms with Gasteiger partial charge >= 0.3 is 279 Å². The van der Waals surface area contributed by atoms with Gasteiger partial charge in [-0.05, 0) is 0 Å². The van der Waals surface area contributed by atoms with Crippen molar-refractivity contribution in [1.82, 2.24) is 38.7 Å². The molecule has 339 valence electrons. The van der Waals surface area contributed by atoms with Gasteiger partial charge in [-0.2, -0.15) is 0 Å². The third kappa shape index (κ3) is 21.3. The molecule has 0 saturated carbocycles. The number of nitrogens with one attached hydrogen (secondary N) is 3.